The van der Waals surface area contributed by atoms with Crippen LogP contribution >= 0.6 is 11.6 Å². The molecular weight excluding hydrogens is 314 g/mol. The van der Waals surface area contributed by atoms with E-state index in [4.69, 9.17) is 21.1 Å². The summed E-state index contributed by atoms with van der Waals surface area (Å²) >= 11 is 6.04. The molecule has 2 aromatic rings. The first-order chi connectivity index (χ1) is 11.0. The fraction of sp³-hybridized carbons (Fsp3) is 0.278. The van der Waals surface area contributed by atoms with Crippen LogP contribution in [0.3, 0.4) is 0 Å². The summed E-state index contributed by atoms with van der Waals surface area (Å²) in [4.78, 5) is 12.3. The number of hydrogen-bond donors (Lipinski definition) is 1. The van der Waals surface area contributed by atoms with Gasteiger partial charge in [0, 0.05) is 5.56 Å². The zero-order valence-corrected chi connectivity index (χ0v) is 14.1. The molecule has 0 bridgehead atoms. The summed E-state index contributed by atoms with van der Waals surface area (Å²) < 4.78 is 10.9. The Hall–Kier alpha value is -2.20. The molecule has 2 aromatic carbocycles. The third kappa shape index (κ3) is 4.39. The third-order valence-electron chi connectivity index (χ3n) is 3.47. The first kappa shape index (κ1) is 17.2. The summed E-state index contributed by atoms with van der Waals surface area (Å²) in [5, 5.41) is 3.40. The van der Waals surface area contributed by atoms with Crippen LogP contribution in [-0.4, -0.2) is 19.1 Å². The fourth-order valence-corrected chi connectivity index (χ4v) is 2.40. The van der Waals surface area contributed by atoms with E-state index >= 15 is 0 Å². The molecule has 0 aliphatic heterocycles. The van der Waals surface area contributed by atoms with Crippen molar-refractivity contribution in [3.8, 4) is 11.5 Å². The highest BCUT2D eigenvalue weighted by molar-refractivity contribution is 6.32. The summed E-state index contributed by atoms with van der Waals surface area (Å²) in [6.45, 7) is 3.59. The van der Waals surface area contributed by atoms with E-state index < -0.39 is 6.10 Å². The van der Waals surface area contributed by atoms with Gasteiger partial charge in [-0.1, -0.05) is 41.9 Å². The first-order valence-electron chi connectivity index (χ1n) is 7.37. The summed E-state index contributed by atoms with van der Waals surface area (Å²) in [7, 11) is 1.61. The van der Waals surface area contributed by atoms with Gasteiger partial charge in [0.2, 0.25) is 0 Å². The van der Waals surface area contributed by atoms with Gasteiger partial charge in [0.25, 0.3) is 5.91 Å². The molecule has 0 heterocycles. The van der Waals surface area contributed by atoms with Gasteiger partial charge in [-0.3, -0.25) is 4.79 Å². The van der Waals surface area contributed by atoms with Crippen LogP contribution in [0.2, 0.25) is 5.02 Å². The number of hydrogen-bond acceptors (Lipinski definition) is 3. The highest BCUT2D eigenvalue weighted by Crippen LogP contribution is 2.26. The highest BCUT2D eigenvalue weighted by atomic mass is 35.5. The predicted molar refractivity (Wildman–Crippen MR) is 91.1 cm³/mol. The van der Waals surface area contributed by atoms with Crippen LogP contribution in [0.1, 0.15) is 25.5 Å². The fourth-order valence-electron chi connectivity index (χ4n) is 2.22. The Bertz CT molecular complexity index is 675. The summed E-state index contributed by atoms with van der Waals surface area (Å²) in [6.07, 6.45) is -0.660. The van der Waals surface area contributed by atoms with Crippen molar-refractivity contribution < 1.29 is 14.3 Å². The molecule has 0 radical (unpaired) electrons. The number of amides is 1. The summed E-state index contributed by atoms with van der Waals surface area (Å²) in [5.74, 6) is 1.00. The Labute approximate surface area is 141 Å². The largest absolute Gasteiger partial charge is 0.496 e. The van der Waals surface area contributed by atoms with Gasteiger partial charge >= 0.3 is 0 Å². The van der Waals surface area contributed by atoms with Gasteiger partial charge in [0.15, 0.2) is 6.10 Å². The molecule has 0 saturated carbocycles. The second-order valence-corrected chi connectivity index (χ2v) is 5.57. The molecule has 0 fully saturated rings. The van der Waals surface area contributed by atoms with Crippen molar-refractivity contribution in [2.24, 2.45) is 0 Å². The van der Waals surface area contributed by atoms with Crippen LogP contribution in [0.15, 0.2) is 48.5 Å². The number of rotatable bonds is 6. The number of halogens is 1. The smallest absolute Gasteiger partial charge is 0.261 e. The van der Waals surface area contributed by atoms with Crippen molar-refractivity contribution in [1.82, 2.24) is 5.32 Å². The Morgan fingerprint density at radius 2 is 1.65 bits per heavy atom. The normalized spacial score (nSPS) is 13.0. The number of carbonyl (C=O) groups is 1. The second kappa shape index (κ2) is 7.88. The van der Waals surface area contributed by atoms with E-state index in [1.807, 2.05) is 43.3 Å². The molecule has 0 aliphatic carbocycles. The zero-order valence-electron chi connectivity index (χ0n) is 13.4. The lowest BCUT2D eigenvalue weighted by Gasteiger charge is -2.20. The minimum absolute atomic E-state index is 0.198. The number of para-hydroxylation sites is 2. The van der Waals surface area contributed by atoms with Gasteiger partial charge < -0.3 is 14.8 Å². The average Bonchev–Trinajstić information content (AvgIpc) is 2.56. The monoisotopic (exact) mass is 333 g/mol. The van der Waals surface area contributed by atoms with Gasteiger partial charge in [-0.2, -0.15) is 0 Å². The molecule has 2 atom stereocenters. The van der Waals surface area contributed by atoms with Crippen LogP contribution in [0.4, 0.5) is 0 Å². The number of ether oxygens (including phenoxy) is 2. The van der Waals surface area contributed by atoms with Gasteiger partial charge in [-0.05, 0) is 32.0 Å². The van der Waals surface area contributed by atoms with Crippen molar-refractivity contribution in [1.29, 1.82) is 0 Å². The van der Waals surface area contributed by atoms with Crippen molar-refractivity contribution in [3.05, 3.63) is 59.1 Å². The average molecular weight is 334 g/mol. The van der Waals surface area contributed by atoms with Gasteiger partial charge in [0.1, 0.15) is 11.5 Å². The minimum atomic E-state index is -0.660. The summed E-state index contributed by atoms with van der Waals surface area (Å²) in [6, 6.07) is 14.5. The van der Waals surface area contributed by atoms with Crippen LogP contribution in [0.5, 0.6) is 11.5 Å². The first-order valence-corrected chi connectivity index (χ1v) is 7.75. The van der Waals surface area contributed by atoms with E-state index in [1.54, 1.807) is 26.2 Å². The molecule has 0 aromatic heterocycles. The molecule has 2 rings (SSSR count). The molecule has 122 valence electrons. The number of benzene rings is 2. The highest BCUT2D eigenvalue weighted by Gasteiger charge is 2.20. The van der Waals surface area contributed by atoms with Crippen LogP contribution in [0, 0.1) is 0 Å². The standard InChI is InChI=1S/C18H20ClNO3/c1-12(14-8-4-6-10-16(14)22-3)20-18(21)13(2)23-17-11-7-5-9-15(17)19/h4-13H,1-3H3,(H,20,21)/t12-,13-/m1/s1. The van der Waals surface area contributed by atoms with Crippen molar-refractivity contribution in [2.75, 3.05) is 7.11 Å². The van der Waals surface area contributed by atoms with Gasteiger partial charge in [0.05, 0.1) is 18.2 Å². The van der Waals surface area contributed by atoms with Crippen molar-refractivity contribution in [3.63, 3.8) is 0 Å². The molecule has 0 unspecified atom stereocenters. The topological polar surface area (TPSA) is 47.6 Å². The lowest BCUT2D eigenvalue weighted by atomic mass is 10.1. The molecule has 0 aliphatic rings. The van der Waals surface area contributed by atoms with Crippen LogP contribution in [0.25, 0.3) is 0 Å². The maximum Gasteiger partial charge on any atom is 0.261 e. The van der Waals surface area contributed by atoms with E-state index in [0.29, 0.717) is 10.8 Å². The number of carbonyl (C=O) groups excluding carboxylic acids is 1. The quantitative estimate of drug-likeness (QED) is 0.869. The Kier molecular flexibility index (Phi) is 5.88. The SMILES string of the molecule is COc1ccccc1[C@@H](C)NC(=O)[C@@H](C)Oc1ccccc1Cl. The number of methoxy groups -OCH3 is 1. The van der Waals surface area contributed by atoms with Crippen molar-refractivity contribution >= 4 is 17.5 Å². The van der Waals surface area contributed by atoms with Crippen LogP contribution in [-0.2, 0) is 4.79 Å². The lowest BCUT2D eigenvalue weighted by molar-refractivity contribution is -0.127. The van der Waals surface area contributed by atoms with Gasteiger partial charge in [-0.15, -0.1) is 0 Å². The molecule has 1 N–H and O–H groups in total. The molecular formula is C18H20ClNO3. The maximum atomic E-state index is 12.3. The van der Waals surface area contributed by atoms with E-state index in [1.165, 1.54) is 0 Å². The minimum Gasteiger partial charge on any atom is -0.496 e. The molecule has 5 heteroatoms. The van der Waals surface area contributed by atoms with E-state index in [-0.39, 0.29) is 11.9 Å². The number of nitrogens with one attached hydrogen (secondary N) is 1. The zero-order chi connectivity index (χ0) is 16.8. The predicted octanol–water partition coefficient (Wildman–Crippen LogP) is 3.99. The Balaban J connectivity index is 2.02. The molecule has 4 nitrogen and oxygen atoms in total. The maximum absolute atomic E-state index is 12.3. The molecule has 0 saturated heterocycles. The summed E-state index contributed by atoms with van der Waals surface area (Å²) in [5.41, 5.74) is 0.910. The van der Waals surface area contributed by atoms with Crippen LogP contribution < -0.4 is 14.8 Å². The van der Waals surface area contributed by atoms with E-state index in [2.05, 4.69) is 5.32 Å². The van der Waals surface area contributed by atoms with E-state index in [0.717, 1.165) is 11.3 Å². The van der Waals surface area contributed by atoms with Crippen molar-refractivity contribution in [2.45, 2.75) is 26.0 Å². The molecule has 1 amide bonds. The second-order valence-electron chi connectivity index (χ2n) is 5.16. The Morgan fingerprint density at radius 1 is 1.04 bits per heavy atom. The third-order valence-corrected chi connectivity index (χ3v) is 3.79. The Morgan fingerprint density at radius 3 is 2.30 bits per heavy atom. The van der Waals surface area contributed by atoms with Gasteiger partial charge in [-0.25, -0.2) is 0 Å². The van der Waals surface area contributed by atoms with E-state index in [9.17, 15) is 4.79 Å². The molecule has 23 heavy (non-hydrogen) atoms. The lowest BCUT2D eigenvalue weighted by Crippen LogP contribution is -2.37. The molecule has 0 spiro atoms.